The van der Waals surface area contributed by atoms with Gasteiger partial charge in [-0.15, -0.1) is 0 Å². The van der Waals surface area contributed by atoms with Gasteiger partial charge in [-0.3, -0.25) is 4.98 Å². The number of benzene rings is 1. The molecule has 0 aliphatic carbocycles. The van der Waals surface area contributed by atoms with Crippen LogP contribution in [0, 0.1) is 5.92 Å². The number of hydrogen-bond acceptors (Lipinski definition) is 3. The van der Waals surface area contributed by atoms with Crippen molar-refractivity contribution in [2.75, 3.05) is 6.54 Å². The second-order valence-corrected chi connectivity index (χ2v) is 5.49. The molecule has 0 aliphatic heterocycles. The first-order valence-electron chi connectivity index (χ1n) is 6.72. The third-order valence-corrected chi connectivity index (χ3v) is 3.04. The van der Waals surface area contributed by atoms with Crippen LogP contribution in [0.1, 0.15) is 19.4 Å². The maximum atomic E-state index is 6.25. The van der Waals surface area contributed by atoms with Gasteiger partial charge in [-0.05, 0) is 42.3 Å². The highest BCUT2D eigenvalue weighted by molar-refractivity contribution is 6.32. The van der Waals surface area contributed by atoms with Crippen LogP contribution in [0.25, 0.3) is 0 Å². The van der Waals surface area contributed by atoms with E-state index in [0.717, 1.165) is 18.7 Å². The number of nitrogens with zero attached hydrogens (tertiary/aromatic N) is 1. The van der Waals surface area contributed by atoms with Gasteiger partial charge in [-0.1, -0.05) is 31.5 Å². The van der Waals surface area contributed by atoms with E-state index in [9.17, 15) is 0 Å². The average Bonchev–Trinajstić information content (AvgIpc) is 2.42. The Bertz CT molecular complexity index is 543. The molecule has 20 heavy (non-hydrogen) atoms. The number of pyridine rings is 1. The van der Waals surface area contributed by atoms with Crippen molar-refractivity contribution in [3.05, 3.63) is 53.3 Å². The largest absolute Gasteiger partial charge is 0.454 e. The summed E-state index contributed by atoms with van der Waals surface area (Å²) in [7, 11) is 0. The fourth-order valence-corrected chi connectivity index (χ4v) is 2.02. The maximum absolute atomic E-state index is 6.25. The van der Waals surface area contributed by atoms with Gasteiger partial charge in [-0.25, -0.2) is 0 Å². The lowest BCUT2D eigenvalue weighted by Crippen LogP contribution is -2.18. The number of halogens is 1. The van der Waals surface area contributed by atoms with E-state index < -0.39 is 0 Å². The van der Waals surface area contributed by atoms with Crippen molar-refractivity contribution < 1.29 is 4.74 Å². The molecule has 0 saturated carbocycles. The monoisotopic (exact) mass is 290 g/mol. The van der Waals surface area contributed by atoms with E-state index in [2.05, 4.69) is 24.1 Å². The Kier molecular flexibility index (Phi) is 5.39. The standard InChI is InChI=1S/C16H19ClN2O/c1-12(2)9-19-10-13-5-6-16(15(17)8-13)20-14-4-3-7-18-11-14/h3-8,11-12,19H,9-10H2,1-2H3. The molecule has 0 radical (unpaired) electrons. The zero-order valence-electron chi connectivity index (χ0n) is 11.8. The maximum Gasteiger partial charge on any atom is 0.146 e. The summed E-state index contributed by atoms with van der Waals surface area (Å²) in [5.74, 6) is 1.96. The SMILES string of the molecule is CC(C)CNCc1ccc(Oc2cccnc2)c(Cl)c1. The molecule has 2 rings (SSSR count). The molecule has 1 heterocycles. The van der Waals surface area contributed by atoms with Crippen LogP contribution < -0.4 is 10.1 Å². The molecule has 0 saturated heterocycles. The average molecular weight is 291 g/mol. The van der Waals surface area contributed by atoms with Gasteiger partial charge in [-0.2, -0.15) is 0 Å². The van der Waals surface area contributed by atoms with Crippen LogP contribution in [0.4, 0.5) is 0 Å². The van der Waals surface area contributed by atoms with E-state index in [1.54, 1.807) is 12.4 Å². The predicted octanol–water partition coefficient (Wildman–Crippen LogP) is 4.27. The summed E-state index contributed by atoms with van der Waals surface area (Å²) in [6, 6.07) is 9.52. The van der Waals surface area contributed by atoms with Crippen LogP contribution >= 0.6 is 11.6 Å². The van der Waals surface area contributed by atoms with Gasteiger partial charge in [0, 0.05) is 12.7 Å². The molecule has 1 aromatic heterocycles. The number of aromatic nitrogens is 1. The second kappa shape index (κ2) is 7.27. The molecule has 1 aromatic carbocycles. The molecular weight excluding hydrogens is 272 g/mol. The Morgan fingerprint density at radius 2 is 2.15 bits per heavy atom. The third-order valence-electron chi connectivity index (χ3n) is 2.74. The molecule has 0 spiro atoms. The van der Waals surface area contributed by atoms with Crippen LogP contribution in [-0.4, -0.2) is 11.5 Å². The lowest BCUT2D eigenvalue weighted by atomic mass is 10.2. The molecular formula is C16H19ClN2O. The number of hydrogen-bond donors (Lipinski definition) is 1. The summed E-state index contributed by atoms with van der Waals surface area (Å²) < 4.78 is 5.69. The third kappa shape index (κ3) is 4.51. The quantitative estimate of drug-likeness (QED) is 0.862. The van der Waals surface area contributed by atoms with E-state index in [0.29, 0.717) is 22.4 Å². The fourth-order valence-electron chi connectivity index (χ4n) is 1.78. The van der Waals surface area contributed by atoms with Gasteiger partial charge in [0.05, 0.1) is 11.2 Å². The first-order valence-corrected chi connectivity index (χ1v) is 7.10. The van der Waals surface area contributed by atoms with Crippen molar-refractivity contribution in [2.45, 2.75) is 20.4 Å². The van der Waals surface area contributed by atoms with E-state index >= 15 is 0 Å². The molecule has 0 aliphatic rings. The molecule has 106 valence electrons. The smallest absolute Gasteiger partial charge is 0.146 e. The van der Waals surface area contributed by atoms with E-state index in [4.69, 9.17) is 16.3 Å². The Morgan fingerprint density at radius 3 is 2.80 bits per heavy atom. The van der Waals surface area contributed by atoms with E-state index in [1.807, 2.05) is 30.3 Å². The van der Waals surface area contributed by atoms with Gasteiger partial charge in [0.15, 0.2) is 0 Å². The van der Waals surface area contributed by atoms with Gasteiger partial charge in [0.1, 0.15) is 11.5 Å². The molecule has 0 atom stereocenters. The topological polar surface area (TPSA) is 34.1 Å². The minimum absolute atomic E-state index is 0.609. The van der Waals surface area contributed by atoms with Crippen molar-refractivity contribution in [1.29, 1.82) is 0 Å². The Labute approximate surface area is 124 Å². The van der Waals surface area contributed by atoms with Crippen LogP contribution in [0.15, 0.2) is 42.7 Å². The molecule has 2 aromatic rings. The highest BCUT2D eigenvalue weighted by Gasteiger charge is 2.05. The molecule has 0 bridgehead atoms. The first kappa shape index (κ1) is 14.8. The van der Waals surface area contributed by atoms with E-state index in [-0.39, 0.29) is 0 Å². The second-order valence-electron chi connectivity index (χ2n) is 5.08. The summed E-state index contributed by atoms with van der Waals surface area (Å²) >= 11 is 6.25. The molecule has 0 unspecified atom stereocenters. The highest BCUT2D eigenvalue weighted by Crippen LogP contribution is 2.29. The number of ether oxygens (including phenoxy) is 1. The van der Waals surface area contributed by atoms with Crippen molar-refractivity contribution >= 4 is 11.6 Å². The molecule has 0 amide bonds. The minimum atomic E-state index is 0.609. The van der Waals surface area contributed by atoms with Crippen molar-refractivity contribution in [3.63, 3.8) is 0 Å². The Morgan fingerprint density at radius 1 is 1.30 bits per heavy atom. The first-order chi connectivity index (χ1) is 9.65. The molecule has 4 heteroatoms. The van der Waals surface area contributed by atoms with Gasteiger partial charge in [0.2, 0.25) is 0 Å². The summed E-state index contributed by atoms with van der Waals surface area (Å²) in [6.45, 7) is 6.17. The molecule has 3 nitrogen and oxygen atoms in total. The van der Waals surface area contributed by atoms with Gasteiger partial charge >= 0.3 is 0 Å². The molecule has 0 fully saturated rings. The summed E-state index contributed by atoms with van der Waals surface area (Å²) in [6.07, 6.45) is 3.37. The molecule has 1 N–H and O–H groups in total. The zero-order chi connectivity index (χ0) is 14.4. The van der Waals surface area contributed by atoms with Crippen molar-refractivity contribution in [2.24, 2.45) is 5.92 Å². The van der Waals surface area contributed by atoms with Crippen LogP contribution in [-0.2, 0) is 6.54 Å². The summed E-state index contributed by atoms with van der Waals surface area (Å²) in [5, 5.41) is 4.00. The van der Waals surface area contributed by atoms with Crippen molar-refractivity contribution in [3.8, 4) is 11.5 Å². The predicted molar refractivity (Wildman–Crippen MR) is 82.3 cm³/mol. The summed E-state index contributed by atoms with van der Waals surface area (Å²) in [5.41, 5.74) is 1.15. The Balaban J connectivity index is 1.99. The lowest BCUT2D eigenvalue weighted by Gasteiger charge is -2.10. The lowest BCUT2D eigenvalue weighted by molar-refractivity contribution is 0.480. The van der Waals surface area contributed by atoms with E-state index in [1.165, 1.54) is 0 Å². The van der Waals surface area contributed by atoms with Crippen LogP contribution in [0.5, 0.6) is 11.5 Å². The van der Waals surface area contributed by atoms with Crippen LogP contribution in [0.2, 0.25) is 5.02 Å². The normalized spacial score (nSPS) is 10.8. The summed E-state index contributed by atoms with van der Waals surface area (Å²) in [4.78, 5) is 4.01. The van der Waals surface area contributed by atoms with Crippen molar-refractivity contribution in [1.82, 2.24) is 10.3 Å². The Hall–Kier alpha value is -1.58. The number of rotatable bonds is 6. The fraction of sp³-hybridized carbons (Fsp3) is 0.312. The zero-order valence-corrected chi connectivity index (χ0v) is 12.5. The minimum Gasteiger partial charge on any atom is -0.454 e. The number of nitrogens with one attached hydrogen (secondary N) is 1. The van der Waals surface area contributed by atoms with Gasteiger partial charge in [0.25, 0.3) is 0 Å². The highest BCUT2D eigenvalue weighted by atomic mass is 35.5. The van der Waals surface area contributed by atoms with Gasteiger partial charge < -0.3 is 10.1 Å². The van der Waals surface area contributed by atoms with Crippen LogP contribution in [0.3, 0.4) is 0 Å².